The van der Waals surface area contributed by atoms with Gasteiger partial charge in [0.05, 0.1) is 11.9 Å². The first-order valence-corrected chi connectivity index (χ1v) is 5.85. The molecule has 1 saturated carbocycles. The molecule has 0 unspecified atom stereocenters. The number of hydrogen-bond acceptors (Lipinski definition) is 2. The quantitative estimate of drug-likeness (QED) is 0.830. The number of carbonyl (C=O) groups excluding carboxylic acids is 1. The van der Waals surface area contributed by atoms with Gasteiger partial charge in [0.25, 0.3) is 0 Å². The van der Waals surface area contributed by atoms with Crippen molar-refractivity contribution in [2.45, 2.75) is 37.9 Å². The number of urea groups is 1. The molecule has 0 aromatic carbocycles. The summed E-state index contributed by atoms with van der Waals surface area (Å²) >= 11 is 0. The number of nitrogens with zero attached hydrogens (tertiary/aromatic N) is 1. The lowest BCUT2D eigenvalue weighted by atomic mass is 9.94. The maximum atomic E-state index is 12.9. The molecule has 0 spiro atoms. The van der Waals surface area contributed by atoms with Gasteiger partial charge in [-0.1, -0.05) is 0 Å². The molecule has 0 bridgehead atoms. The van der Waals surface area contributed by atoms with Gasteiger partial charge >= 0.3 is 6.03 Å². The topological polar surface area (TPSA) is 54.0 Å². The third kappa shape index (κ3) is 3.69. The predicted molar refractivity (Wildman–Crippen MR) is 63.5 cm³/mol. The number of halogens is 1. The number of alkyl halides is 1. The monoisotopic (exact) mass is 237 g/mol. The maximum absolute atomic E-state index is 12.9. The minimum Gasteiger partial charge on any atom is -0.335 e. The molecule has 2 rings (SSSR count). The first-order valence-electron chi connectivity index (χ1n) is 5.85. The molecule has 1 aliphatic carbocycles. The van der Waals surface area contributed by atoms with E-state index >= 15 is 0 Å². The largest absolute Gasteiger partial charge is 0.335 e. The molecular formula is C12H16FN3O. The van der Waals surface area contributed by atoms with Crippen molar-refractivity contribution in [3.63, 3.8) is 0 Å². The zero-order valence-electron chi connectivity index (χ0n) is 9.53. The van der Waals surface area contributed by atoms with Crippen molar-refractivity contribution in [1.29, 1.82) is 0 Å². The smallest absolute Gasteiger partial charge is 0.319 e. The van der Waals surface area contributed by atoms with Gasteiger partial charge in [-0.3, -0.25) is 4.98 Å². The van der Waals surface area contributed by atoms with Gasteiger partial charge in [0.1, 0.15) is 6.17 Å². The van der Waals surface area contributed by atoms with E-state index in [4.69, 9.17) is 0 Å². The van der Waals surface area contributed by atoms with Crippen molar-refractivity contribution in [1.82, 2.24) is 10.3 Å². The maximum Gasteiger partial charge on any atom is 0.319 e. The number of pyridine rings is 1. The first-order chi connectivity index (χ1) is 8.24. The van der Waals surface area contributed by atoms with E-state index in [1.54, 1.807) is 24.5 Å². The molecule has 0 radical (unpaired) electrons. The zero-order chi connectivity index (χ0) is 12.1. The summed E-state index contributed by atoms with van der Waals surface area (Å²) in [5.74, 6) is 0. The Morgan fingerprint density at radius 2 is 2.12 bits per heavy atom. The molecule has 0 saturated heterocycles. The Hall–Kier alpha value is -1.65. The fourth-order valence-corrected chi connectivity index (χ4v) is 1.99. The second-order valence-electron chi connectivity index (χ2n) is 4.29. The van der Waals surface area contributed by atoms with E-state index in [1.807, 2.05) is 0 Å². The average Bonchev–Trinajstić information content (AvgIpc) is 2.33. The van der Waals surface area contributed by atoms with E-state index in [9.17, 15) is 9.18 Å². The molecule has 4 nitrogen and oxygen atoms in total. The van der Waals surface area contributed by atoms with E-state index in [0.717, 1.165) is 0 Å². The number of aromatic nitrogens is 1. The summed E-state index contributed by atoms with van der Waals surface area (Å²) in [7, 11) is 0. The van der Waals surface area contributed by atoms with Crippen LogP contribution in [0.4, 0.5) is 14.9 Å². The minimum atomic E-state index is -0.700. The van der Waals surface area contributed by atoms with E-state index < -0.39 is 6.17 Å². The van der Waals surface area contributed by atoms with Crippen molar-refractivity contribution >= 4 is 11.7 Å². The van der Waals surface area contributed by atoms with Gasteiger partial charge in [0.15, 0.2) is 0 Å². The second-order valence-corrected chi connectivity index (χ2v) is 4.29. The Balaban J connectivity index is 1.78. The van der Waals surface area contributed by atoms with Gasteiger partial charge < -0.3 is 10.6 Å². The molecule has 1 aliphatic rings. The number of rotatable bonds is 2. The summed E-state index contributed by atoms with van der Waals surface area (Å²) in [6.45, 7) is 0. The van der Waals surface area contributed by atoms with Gasteiger partial charge in [-0.15, -0.1) is 0 Å². The summed E-state index contributed by atoms with van der Waals surface area (Å²) in [5, 5.41) is 5.54. The van der Waals surface area contributed by atoms with Crippen LogP contribution in [0, 0.1) is 0 Å². The highest BCUT2D eigenvalue weighted by Gasteiger charge is 2.21. The summed E-state index contributed by atoms with van der Waals surface area (Å²) < 4.78 is 12.9. The molecular weight excluding hydrogens is 221 g/mol. The highest BCUT2D eigenvalue weighted by Crippen LogP contribution is 2.20. The van der Waals surface area contributed by atoms with Gasteiger partial charge in [-0.05, 0) is 37.8 Å². The molecule has 1 fully saturated rings. The molecule has 2 amide bonds. The lowest BCUT2D eigenvalue weighted by Crippen LogP contribution is -2.40. The predicted octanol–water partition coefficient (Wildman–Crippen LogP) is 2.48. The molecule has 0 aliphatic heterocycles. The normalized spacial score (nSPS) is 24.1. The van der Waals surface area contributed by atoms with Crippen molar-refractivity contribution in [2.24, 2.45) is 0 Å². The van der Waals surface area contributed by atoms with Gasteiger partial charge in [-0.2, -0.15) is 0 Å². The van der Waals surface area contributed by atoms with E-state index in [1.165, 1.54) is 0 Å². The first kappa shape index (κ1) is 11.8. The van der Waals surface area contributed by atoms with Crippen LogP contribution in [0.3, 0.4) is 0 Å². The molecule has 1 heterocycles. The van der Waals surface area contributed by atoms with E-state index in [-0.39, 0.29) is 12.1 Å². The lowest BCUT2D eigenvalue weighted by Gasteiger charge is -2.25. The Morgan fingerprint density at radius 3 is 2.76 bits per heavy atom. The van der Waals surface area contributed by atoms with Crippen LogP contribution in [0.25, 0.3) is 0 Å². The highest BCUT2D eigenvalue weighted by molar-refractivity contribution is 5.89. The number of amides is 2. The van der Waals surface area contributed by atoms with Crippen LogP contribution < -0.4 is 10.6 Å². The number of carbonyl (C=O) groups is 1. The molecule has 1 aromatic heterocycles. The standard InChI is InChI=1S/C12H16FN3O/c13-9-3-5-10(6-4-9)15-12(17)16-11-2-1-7-14-8-11/h1-2,7-10H,3-6H2,(H2,15,16,17). The highest BCUT2D eigenvalue weighted by atomic mass is 19.1. The lowest BCUT2D eigenvalue weighted by molar-refractivity contribution is 0.213. The fourth-order valence-electron chi connectivity index (χ4n) is 1.99. The van der Waals surface area contributed by atoms with Crippen LogP contribution in [0.5, 0.6) is 0 Å². The Bertz CT molecular complexity index is 363. The Kier molecular flexibility index (Phi) is 3.90. The molecule has 0 atom stereocenters. The van der Waals surface area contributed by atoms with Gasteiger partial charge in [-0.25, -0.2) is 9.18 Å². The van der Waals surface area contributed by atoms with Crippen LogP contribution in [0.15, 0.2) is 24.5 Å². The molecule has 17 heavy (non-hydrogen) atoms. The molecule has 2 N–H and O–H groups in total. The number of hydrogen-bond donors (Lipinski definition) is 2. The number of anilines is 1. The van der Waals surface area contributed by atoms with E-state index in [2.05, 4.69) is 15.6 Å². The third-order valence-electron chi connectivity index (χ3n) is 2.91. The third-order valence-corrected chi connectivity index (χ3v) is 2.91. The van der Waals surface area contributed by atoms with E-state index in [0.29, 0.717) is 31.4 Å². The van der Waals surface area contributed by atoms with Crippen LogP contribution >= 0.6 is 0 Å². The Labute approximate surface area is 99.6 Å². The van der Waals surface area contributed by atoms with Crippen LogP contribution in [0.1, 0.15) is 25.7 Å². The van der Waals surface area contributed by atoms with Crippen molar-refractivity contribution in [3.05, 3.63) is 24.5 Å². The summed E-state index contributed by atoms with van der Waals surface area (Å²) in [6, 6.07) is 3.36. The number of nitrogens with one attached hydrogen (secondary N) is 2. The summed E-state index contributed by atoms with van der Waals surface area (Å²) in [6.07, 6.45) is 5.03. The van der Waals surface area contributed by atoms with Crippen molar-refractivity contribution < 1.29 is 9.18 Å². The van der Waals surface area contributed by atoms with Gasteiger partial charge in [0.2, 0.25) is 0 Å². The van der Waals surface area contributed by atoms with Crippen LogP contribution in [-0.2, 0) is 0 Å². The fraction of sp³-hybridized carbons (Fsp3) is 0.500. The van der Waals surface area contributed by atoms with Crippen molar-refractivity contribution in [2.75, 3.05) is 5.32 Å². The van der Waals surface area contributed by atoms with Gasteiger partial charge in [0, 0.05) is 12.2 Å². The van der Waals surface area contributed by atoms with Crippen LogP contribution in [0.2, 0.25) is 0 Å². The molecule has 92 valence electrons. The average molecular weight is 237 g/mol. The Morgan fingerprint density at radius 1 is 1.35 bits per heavy atom. The zero-order valence-corrected chi connectivity index (χ0v) is 9.53. The molecule has 1 aromatic rings. The summed E-state index contributed by atoms with van der Waals surface area (Å²) in [5.41, 5.74) is 0.657. The van der Waals surface area contributed by atoms with Crippen LogP contribution in [-0.4, -0.2) is 23.2 Å². The SMILES string of the molecule is O=C(Nc1cccnc1)NC1CCC(F)CC1. The van der Waals surface area contributed by atoms with Crippen molar-refractivity contribution in [3.8, 4) is 0 Å². The summed E-state index contributed by atoms with van der Waals surface area (Å²) in [4.78, 5) is 15.5. The minimum absolute atomic E-state index is 0.0821. The second kappa shape index (κ2) is 5.61. The molecule has 5 heteroatoms.